The molecule has 1 aromatic heterocycles. The van der Waals surface area contributed by atoms with Crippen LogP contribution in [0, 0.1) is 5.82 Å². The maximum Gasteiger partial charge on any atom is 0.127 e. The molecular weight excluding hydrogens is 303 g/mol. The summed E-state index contributed by atoms with van der Waals surface area (Å²) < 4.78 is 14.3. The minimum absolute atomic E-state index is 0.274. The molecule has 2 rings (SSSR count). The normalized spacial score (nSPS) is 12.6. The Morgan fingerprint density at radius 2 is 2.12 bits per heavy atom. The molecule has 90 valence electrons. The fraction of sp³-hybridized carbons (Fsp3) is 0.231. The van der Waals surface area contributed by atoms with Gasteiger partial charge in [-0.3, -0.25) is 0 Å². The van der Waals surface area contributed by atoms with Gasteiger partial charge in [-0.2, -0.15) is 11.3 Å². The largest absolute Gasteiger partial charge is 0.392 e. The Labute approximate surface area is 112 Å². The molecule has 0 aliphatic heterocycles. The van der Waals surface area contributed by atoms with Crippen LogP contribution in [0.4, 0.5) is 4.39 Å². The van der Waals surface area contributed by atoms with E-state index in [1.807, 2.05) is 16.8 Å². The highest BCUT2D eigenvalue weighted by molar-refractivity contribution is 9.10. The summed E-state index contributed by atoms with van der Waals surface area (Å²) >= 11 is 4.81. The number of hydrogen-bond acceptors (Lipinski definition) is 2. The Balaban J connectivity index is 2.00. The minimum atomic E-state index is -0.541. The number of aliphatic hydroxyl groups excluding tert-OH is 1. The van der Waals surface area contributed by atoms with E-state index in [2.05, 4.69) is 15.9 Å². The smallest absolute Gasteiger partial charge is 0.127 e. The molecule has 0 bridgehead atoms. The van der Waals surface area contributed by atoms with Gasteiger partial charge in [0.15, 0.2) is 0 Å². The molecule has 0 spiro atoms. The number of thiophene rings is 1. The second-order valence-electron chi connectivity index (χ2n) is 3.93. The van der Waals surface area contributed by atoms with Crippen molar-refractivity contribution in [2.75, 3.05) is 0 Å². The van der Waals surface area contributed by atoms with Gasteiger partial charge in [-0.05, 0) is 46.5 Å². The summed E-state index contributed by atoms with van der Waals surface area (Å²) in [6.45, 7) is 0. The quantitative estimate of drug-likeness (QED) is 0.910. The second kappa shape index (κ2) is 5.76. The molecular formula is C13H12BrFOS. The van der Waals surface area contributed by atoms with E-state index in [-0.39, 0.29) is 5.82 Å². The number of halogens is 2. The van der Waals surface area contributed by atoms with Crippen LogP contribution in [-0.2, 0) is 12.8 Å². The Morgan fingerprint density at radius 3 is 2.76 bits per heavy atom. The summed E-state index contributed by atoms with van der Waals surface area (Å²) in [6, 6.07) is 6.89. The molecule has 1 aromatic carbocycles. The number of aliphatic hydroxyl groups is 1. The zero-order valence-corrected chi connectivity index (χ0v) is 11.5. The van der Waals surface area contributed by atoms with Crippen LogP contribution in [0.25, 0.3) is 0 Å². The summed E-state index contributed by atoms with van der Waals surface area (Å²) in [5, 5.41) is 13.9. The van der Waals surface area contributed by atoms with Gasteiger partial charge in [0.1, 0.15) is 5.82 Å². The molecule has 17 heavy (non-hydrogen) atoms. The molecule has 1 unspecified atom stereocenters. The third-order valence-corrected chi connectivity index (χ3v) is 3.75. The van der Waals surface area contributed by atoms with Crippen LogP contribution in [0.15, 0.2) is 39.5 Å². The highest BCUT2D eigenvalue weighted by Gasteiger charge is 2.10. The van der Waals surface area contributed by atoms with Gasteiger partial charge in [0.2, 0.25) is 0 Å². The molecule has 0 fully saturated rings. The van der Waals surface area contributed by atoms with Crippen LogP contribution in [0.5, 0.6) is 0 Å². The average molecular weight is 315 g/mol. The van der Waals surface area contributed by atoms with Crippen molar-refractivity contribution in [3.63, 3.8) is 0 Å². The maximum absolute atomic E-state index is 13.6. The number of hydrogen-bond donors (Lipinski definition) is 1. The molecule has 0 amide bonds. The van der Waals surface area contributed by atoms with E-state index in [1.54, 1.807) is 23.5 Å². The van der Waals surface area contributed by atoms with E-state index < -0.39 is 6.10 Å². The second-order valence-corrected chi connectivity index (χ2v) is 5.63. The predicted octanol–water partition coefficient (Wildman–Crippen LogP) is 3.80. The van der Waals surface area contributed by atoms with Gasteiger partial charge < -0.3 is 5.11 Å². The summed E-state index contributed by atoms with van der Waals surface area (Å²) in [4.78, 5) is 0. The van der Waals surface area contributed by atoms with Gasteiger partial charge in [0.25, 0.3) is 0 Å². The van der Waals surface area contributed by atoms with Crippen molar-refractivity contribution in [1.82, 2.24) is 0 Å². The molecule has 2 aromatic rings. The van der Waals surface area contributed by atoms with Crippen molar-refractivity contribution in [3.05, 3.63) is 56.4 Å². The highest BCUT2D eigenvalue weighted by atomic mass is 79.9. The van der Waals surface area contributed by atoms with Crippen molar-refractivity contribution in [2.24, 2.45) is 0 Å². The van der Waals surface area contributed by atoms with Gasteiger partial charge in [-0.1, -0.05) is 22.0 Å². The van der Waals surface area contributed by atoms with E-state index in [4.69, 9.17) is 0 Å². The van der Waals surface area contributed by atoms with Crippen LogP contribution in [0.1, 0.15) is 11.1 Å². The van der Waals surface area contributed by atoms with Crippen molar-refractivity contribution in [3.8, 4) is 0 Å². The van der Waals surface area contributed by atoms with Crippen LogP contribution in [0.2, 0.25) is 0 Å². The Kier molecular flexibility index (Phi) is 4.31. The molecule has 1 nitrogen and oxygen atoms in total. The fourth-order valence-electron chi connectivity index (χ4n) is 1.69. The standard InChI is InChI=1S/C13H12BrFOS/c14-11-2-1-10(13(15)7-11)6-12(16)5-9-3-4-17-8-9/h1-4,7-8,12,16H,5-6H2. The van der Waals surface area contributed by atoms with E-state index >= 15 is 0 Å². The first-order chi connectivity index (χ1) is 8.15. The lowest BCUT2D eigenvalue weighted by Crippen LogP contribution is -2.14. The van der Waals surface area contributed by atoms with Gasteiger partial charge in [0.05, 0.1) is 6.10 Å². The first-order valence-corrected chi connectivity index (χ1v) is 7.02. The molecule has 4 heteroatoms. The summed E-state index contributed by atoms with van der Waals surface area (Å²) in [5.74, 6) is -0.274. The molecule has 0 saturated heterocycles. The van der Waals surface area contributed by atoms with Crippen LogP contribution in [0.3, 0.4) is 0 Å². The predicted molar refractivity (Wildman–Crippen MR) is 71.8 cm³/mol. The van der Waals surface area contributed by atoms with Crippen molar-refractivity contribution >= 4 is 27.3 Å². The van der Waals surface area contributed by atoms with Crippen molar-refractivity contribution in [2.45, 2.75) is 18.9 Å². The third-order valence-electron chi connectivity index (χ3n) is 2.52. The molecule has 1 N–H and O–H groups in total. The van der Waals surface area contributed by atoms with E-state index in [9.17, 15) is 9.50 Å². The fourth-order valence-corrected chi connectivity index (χ4v) is 2.71. The van der Waals surface area contributed by atoms with E-state index in [0.29, 0.717) is 22.9 Å². The molecule has 0 aliphatic rings. The zero-order chi connectivity index (χ0) is 12.3. The first kappa shape index (κ1) is 12.7. The molecule has 1 atom stereocenters. The van der Waals surface area contributed by atoms with Gasteiger partial charge in [-0.15, -0.1) is 0 Å². The van der Waals surface area contributed by atoms with E-state index in [0.717, 1.165) is 5.56 Å². The molecule has 0 aliphatic carbocycles. The van der Waals surface area contributed by atoms with Crippen LogP contribution >= 0.6 is 27.3 Å². The van der Waals surface area contributed by atoms with Gasteiger partial charge in [0, 0.05) is 10.9 Å². The van der Waals surface area contributed by atoms with Gasteiger partial charge >= 0.3 is 0 Å². The lowest BCUT2D eigenvalue weighted by atomic mass is 10.0. The van der Waals surface area contributed by atoms with Gasteiger partial charge in [-0.25, -0.2) is 4.39 Å². The minimum Gasteiger partial charge on any atom is -0.392 e. The molecule has 1 heterocycles. The summed E-state index contributed by atoms with van der Waals surface area (Å²) in [6.07, 6.45) is 0.369. The molecule has 0 saturated carbocycles. The van der Waals surface area contributed by atoms with E-state index in [1.165, 1.54) is 6.07 Å². The Bertz CT molecular complexity index is 484. The van der Waals surface area contributed by atoms with Crippen molar-refractivity contribution < 1.29 is 9.50 Å². The topological polar surface area (TPSA) is 20.2 Å². The Hall–Kier alpha value is -0.710. The maximum atomic E-state index is 13.6. The van der Waals surface area contributed by atoms with Crippen molar-refractivity contribution in [1.29, 1.82) is 0 Å². The SMILES string of the molecule is OC(Cc1ccsc1)Cc1ccc(Br)cc1F. The Morgan fingerprint density at radius 1 is 1.29 bits per heavy atom. The van der Waals surface area contributed by atoms with Crippen LogP contribution < -0.4 is 0 Å². The van der Waals surface area contributed by atoms with Crippen LogP contribution in [-0.4, -0.2) is 11.2 Å². The highest BCUT2D eigenvalue weighted by Crippen LogP contribution is 2.18. The first-order valence-electron chi connectivity index (χ1n) is 5.28. The summed E-state index contributed by atoms with van der Waals surface area (Å²) in [7, 11) is 0. The number of benzene rings is 1. The zero-order valence-electron chi connectivity index (χ0n) is 9.07. The number of rotatable bonds is 4. The third kappa shape index (κ3) is 3.63. The lowest BCUT2D eigenvalue weighted by Gasteiger charge is -2.10. The monoisotopic (exact) mass is 314 g/mol. The average Bonchev–Trinajstić information content (AvgIpc) is 2.75. The summed E-state index contributed by atoms with van der Waals surface area (Å²) in [5.41, 5.74) is 1.65. The molecule has 0 radical (unpaired) electrons. The lowest BCUT2D eigenvalue weighted by molar-refractivity contribution is 0.174.